The minimum Gasteiger partial charge on any atom is -0.356 e. The van der Waals surface area contributed by atoms with Crippen molar-refractivity contribution in [3.63, 3.8) is 0 Å². The molecule has 0 aromatic carbocycles. The van der Waals surface area contributed by atoms with Gasteiger partial charge in [-0.05, 0) is 25.7 Å². The quantitative estimate of drug-likeness (QED) is 0.711. The maximum absolute atomic E-state index is 11.3. The summed E-state index contributed by atoms with van der Waals surface area (Å²) in [5, 5.41) is 6.63. The molecule has 1 amide bonds. The summed E-state index contributed by atoms with van der Waals surface area (Å²) in [4.78, 5) is 17.6. The van der Waals surface area contributed by atoms with E-state index in [9.17, 15) is 4.79 Å². The van der Waals surface area contributed by atoms with Crippen molar-refractivity contribution in [3.8, 4) is 0 Å². The van der Waals surface area contributed by atoms with Crippen LogP contribution in [0, 0.1) is 5.92 Å². The molecule has 0 spiro atoms. The summed E-state index contributed by atoms with van der Waals surface area (Å²) < 4.78 is 0. The average molecular weight is 366 g/mol. The smallest absolute Gasteiger partial charge is 0.219 e. The van der Waals surface area contributed by atoms with Crippen molar-refractivity contribution in [1.82, 2.24) is 15.5 Å². The van der Waals surface area contributed by atoms with Gasteiger partial charge in [-0.3, -0.25) is 9.79 Å². The molecule has 104 valence electrons. The van der Waals surface area contributed by atoms with Crippen molar-refractivity contribution < 1.29 is 4.79 Å². The molecule has 6 heteroatoms. The summed E-state index contributed by atoms with van der Waals surface area (Å²) in [5.74, 6) is 1.66. The van der Waals surface area contributed by atoms with Crippen molar-refractivity contribution >= 4 is 35.8 Å². The number of hydrogen-bond acceptors (Lipinski definition) is 4. The van der Waals surface area contributed by atoms with Gasteiger partial charge in [0.15, 0.2) is 5.96 Å². The predicted molar refractivity (Wildman–Crippen MR) is 83.3 cm³/mol. The van der Waals surface area contributed by atoms with Gasteiger partial charge in [0.25, 0.3) is 0 Å². The molecule has 2 atom stereocenters. The van der Waals surface area contributed by atoms with Crippen molar-refractivity contribution in [1.29, 1.82) is 0 Å². The third-order valence-electron chi connectivity index (χ3n) is 3.43. The molecule has 2 heterocycles. The van der Waals surface area contributed by atoms with Gasteiger partial charge in [0.05, 0.1) is 6.54 Å². The molecule has 1 saturated heterocycles. The van der Waals surface area contributed by atoms with Crippen LogP contribution in [0.1, 0.15) is 26.7 Å². The molecule has 0 aromatic heterocycles. The number of nitrogens with one attached hydrogen (secondary N) is 2. The Morgan fingerprint density at radius 1 is 1.61 bits per heavy atom. The van der Waals surface area contributed by atoms with Gasteiger partial charge in [0.2, 0.25) is 5.91 Å². The number of hydrogen-bond donors (Lipinski definition) is 2. The van der Waals surface area contributed by atoms with Crippen LogP contribution in [0.5, 0.6) is 0 Å². The van der Waals surface area contributed by atoms with Crippen LogP contribution in [0.15, 0.2) is 4.99 Å². The maximum Gasteiger partial charge on any atom is 0.219 e. The number of aliphatic imine (C=N–C) groups is 1. The van der Waals surface area contributed by atoms with Gasteiger partial charge < -0.3 is 15.5 Å². The van der Waals surface area contributed by atoms with Gasteiger partial charge in [-0.1, -0.05) is 0 Å². The Hall–Kier alpha value is -0.530. The number of nitrogens with zero attached hydrogens (tertiary/aromatic N) is 2. The van der Waals surface area contributed by atoms with Gasteiger partial charge in [-0.2, -0.15) is 0 Å². The van der Waals surface area contributed by atoms with Crippen molar-refractivity contribution in [2.24, 2.45) is 10.9 Å². The van der Waals surface area contributed by atoms with Crippen LogP contribution in [0.3, 0.4) is 0 Å². The predicted octanol–water partition coefficient (Wildman–Crippen LogP) is 0.800. The fraction of sp³-hybridized carbons (Fsp3) is 0.833. The molecular formula is C12H23IN4O. The second kappa shape index (κ2) is 7.16. The van der Waals surface area contributed by atoms with E-state index in [1.807, 2.05) is 4.90 Å². The van der Waals surface area contributed by atoms with Crippen molar-refractivity contribution in [2.75, 3.05) is 26.2 Å². The summed E-state index contributed by atoms with van der Waals surface area (Å²) in [6, 6.07) is 0.442. The Labute approximate surface area is 126 Å². The first-order chi connectivity index (χ1) is 8.15. The first-order valence-electron chi connectivity index (χ1n) is 6.45. The van der Waals surface area contributed by atoms with Crippen LogP contribution in [0.25, 0.3) is 0 Å². The third kappa shape index (κ3) is 4.29. The van der Waals surface area contributed by atoms with E-state index < -0.39 is 0 Å². The van der Waals surface area contributed by atoms with E-state index in [0.29, 0.717) is 12.0 Å². The first-order valence-corrected chi connectivity index (χ1v) is 6.45. The molecule has 1 fully saturated rings. The van der Waals surface area contributed by atoms with Gasteiger partial charge in [0, 0.05) is 32.6 Å². The molecule has 2 N–H and O–H groups in total. The lowest BCUT2D eigenvalue weighted by molar-refractivity contribution is -0.130. The summed E-state index contributed by atoms with van der Waals surface area (Å²) in [6.45, 7) is 7.33. The number of guanidine groups is 1. The van der Waals surface area contributed by atoms with Crippen LogP contribution < -0.4 is 10.6 Å². The number of piperidine rings is 1. The van der Waals surface area contributed by atoms with Gasteiger partial charge in [0.1, 0.15) is 0 Å². The Balaban J connectivity index is 0.00000162. The largest absolute Gasteiger partial charge is 0.356 e. The van der Waals surface area contributed by atoms with E-state index in [4.69, 9.17) is 0 Å². The summed E-state index contributed by atoms with van der Waals surface area (Å²) in [7, 11) is 0. The summed E-state index contributed by atoms with van der Waals surface area (Å²) >= 11 is 0. The number of rotatable bonds is 2. The molecule has 5 nitrogen and oxygen atoms in total. The fourth-order valence-electron chi connectivity index (χ4n) is 2.42. The van der Waals surface area contributed by atoms with Crippen LogP contribution in [0.4, 0.5) is 0 Å². The lowest BCUT2D eigenvalue weighted by Gasteiger charge is -2.32. The molecule has 2 rings (SSSR count). The van der Waals surface area contributed by atoms with E-state index in [-0.39, 0.29) is 29.9 Å². The zero-order valence-electron chi connectivity index (χ0n) is 11.1. The lowest BCUT2D eigenvalue weighted by Crippen LogP contribution is -2.45. The maximum atomic E-state index is 11.3. The molecule has 0 aliphatic carbocycles. The normalized spacial score (nSPS) is 27.0. The zero-order valence-corrected chi connectivity index (χ0v) is 13.4. The van der Waals surface area contributed by atoms with E-state index in [1.165, 1.54) is 6.42 Å². The number of halogens is 1. The van der Waals surface area contributed by atoms with Crippen molar-refractivity contribution in [3.05, 3.63) is 0 Å². The average Bonchev–Trinajstić information content (AvgIpc) is 2.73. The molecule has 0 radical (unpaired) electrons. The number of amides is 1. The molecule has 18 heavy (non-hydrogen) atoms. The standard InChI is InChI=1S/C12H22N4O.HI/c1-9-6-13-12(15-9)14-7-11-4-3-5-16(8-11)10(2)17;/h9,11H,3-8H2,1-2H3,(H2,13,14,15);1H. The summed E-state index contributed by atoms with van der Waals surface area (Å²) in [6.07, 6.45) is 2.31. The van der Waals surface area contributed by atoms with Gasteiger partial charge in [-0.15, -0.1) is 24.0 Å². The minimum absolute atomic E-state index is 0. The molecule has 0 saturated carbocycles. The number of carbonyl (C=O) groups excluding carboxylic acids is 1. The van der Waals surface area contributed by atoms with E-state index in [1.54, 1.807) is 6.92 Å². The highest BCUT2D eigenvalue weighted by atomic mass is 127. The molecule has 2 unspecified atom stereocenters. The minimum atomic E-state index is 0. The zero-order chi connectivity index (χ0) is 12.3. The number of likely N-dealkylation sites (tertiary alicyclic amines) is 1. The highest BCUT2D eigenvalue weighted by molar-refractivity contribution is 14.0. The van der Waals surface area contributed by atoms with E-state index in [2.05, 4.69) is 22.5 Å². The van der Waals surface area contributed by atoms with Crippen LogP contribution in [-0.4, -0.2) is 49.0 Å². The summed E-state index contributed by atoms with van der Waals surface area (Å²) in [5.41, 5.74) is 0. The third-order valence-corrected chi connectivity index (χ3v) is 3.43. The molecular weight excluding hydrogens is 343 g/mol. The van der Waals surface area contributed by atoms with E-state index in [0.717, 1.165) is 38.6 Å². The monoisotopic (exact) mass is 366 g/mol. The Bertz CT molecular complexity index is 321. The van der Waals surface area contributed by atoms with Crippen molar-refractivity contribution in [2.45, 2.75) is 32.7 Å². The number of carbonyl (C=O) groups is 1. The van der Waals surface area contributed by atoms with Crippen LogP contribution in [-0.2, 0) is 4.79 Å². The lowest BCUT2D eigenvalue weighted by atomic mass is 9.98. The molecule has 0 bridgehead atoms. The molecule has 0 aromatic rings. The Morgan fingerprint density at radius 2 is 2.39 bits per heavy atom. The van der Waals surface area contributed by atoms with E-state index >= 15 is 0 Å². The highest BCUT2D eigenvalue weighted by Gasteiger charge is 2.22. The molecule has 2 aliphatic heterocycles. The second-order valence-corrected chi connectivity index (χ2v) is 5.09. The van der Waals surface area contributed by atoms with Crippen LogP contribution >= 0.6 is 24.0 Å². The Morgan fingerprint density at radius 3 is 3.00 bits per heavy atom. The topological polar surface area (TPSA) is 56.7 Å². The van der Waals surface area contributed by atoms with Crippen LogP contribution in [0.2, 0.25) is 0 Å². The van der Waals surface area contributed by atoms with Gasteiger partial charge >= 0.3 is 0 Å². The molecule has 2 aliphatic rings. The van der Waals surface area contributed by atoms with Gasteiger partial charge in [-0.25, -0.2) is 0 Å². The SMILES string of the molecule is CC(=O)N1CCCC(CNC2=NCC(C)N2)C1.I. The second-order valence-electron chi connectivity index (χ2n) is 5.09. The first kappa shape index (κ1) is 15.5. The highest BCUT2D eigenvalue weighted by Crippen LogP contribution is 2.15. The fourth-order valence-corrected chi connectivity index (χ4v) is 2.42. The Kier molecular flexibility index (Phi) is 6.17.